The van der Waals surface area contributed by atoms with Crippen LogP contribution in [0.4, 0.5) is 0 Å². The van der Waals surface area contributed by atoms with Crippen molar-refractivity contribution in [2.75, 3.05) is 0 Å². The van der Waals surface area contributed by atoms with Crippen molar-refractivity contribution in [1.82, 2.24) is 4.90 Å². The normalized spacial score (nSPS) is 25.6. The highest BCUT2D eigenvalue weighted by molar-refractivity contribution is 5.82. The number of aliphatic hydroxyl groups excluding tert-OH is 1. The van der Waals surface area contributed by atoms with Crippen molar-refractivity contribution in [2.24, 2.45) is 5.73 Å². The molecule has 14 heavy (non-hydrogen) atoms. The average molecular weight is 198 g/mol. The summed E-state index contributed by atoms with van der Waals surface area (Å²) in [6.45, 7) is 1.67. The topological polar surface area (TPSA) is 66.6 Å². The molecule has 0 aromatic rings. The number of nitrogens with two attached hydrogens (primary N) is 1. The molecule has 4 nitrogen and oxygen atoms in total. The zero-order chi connectivity index (χ0) is 10.3. The number of rotatable bonds is 4. The molecule has 0 aromatic heterocycles. The first-order chi connectivity index (χ1) is 6.61. The smallest absolute Gasteiger partial charge is 0.253 e. The maximum absolute atomic E-state index is 11.8. The quantitative estimate of drug-likeness (QED) is 0.660. The molecule has 3 N–H and O–H groups in total. The molecular formula is C10H18N2O2. The molecule has 4 heteroatoms. The monoisotopic (exact) mass is 198 g/mol. The first-order valence-corrected chi connectivity index (χ1v) is 5.37. The summed E-state index contributed by atoms with van der Waals surface area (Å²) in [7, 11) is 0. The van der Waals surface area contributed by atoms with Gasteiger partial charge in [0.15, 0.2) is 0 Å². The van der Waals surface area contributed by atoms with E-state index in [1.165, 1.54) is 0 Å². The van der Waals surface area contributed by atoms with E-state index in [-0.39, 0.29) is 5.91 Å². The van der Waals surface area contributed by atoms with Crippen LogP contribution in [0.25, 0.3) is 0 Å². The second-order valence-electron chi connectivity index (χ2n) is 4.51. The van der Waals surface area contributed by atoms with Gasteiger partial charge < -0.3 is 15.7 Å². The third-order valence-electron chi connectivity index (χ3n) is 2.89. The second kappa shape index (κ2) is 3.51. The van der Waals surface area contributed by atoms with Gasteiger partial charge in [0.2, 0.25) is 0 Å². The number of hydrogen-bond acceptors (Lipinski definition) is 3. The largest absolute Gasteiger partial charge is 0.382 e. The maximum Gasteiger partial charge on any atom is 0.253 e. The number of nitrogens with zero attached hydrogens (tertiary/aromatic N) is 1. The summed E-state index contributed by atoms with van der Waals surface area (Å²) in [6, 6.07) is 0.314. The van der Waals surface area contributed by atoms with Crippen LogP contribution in [-0.4, -0.2) is 40.1 Å². The molecule has 2 saturated carbocycles. The fourth-order valence-corrected chi connectivity index (χ4v) is 1.74. The second-order valence-corrected chi connectivity index (χ2v) is 4.51. The van der Waals surface area contributed by atoms with Crippen LogP contribution in [0.15, 0.2) is 0 Å². The van der Waals surface area contributed by atoms with E-state index in [9.17, 15) is 9.90 Å². The lowest BCUT2D eigenvalue weighted by Gasteiger charge is -2.26. The first kappa shape index (κ1) is 9.93. The Kier molecular flexibility index (Phi) is 2.49. The van der Waals surface area contributed by atoms with Gasteiger partial charge in [0, 0.05) is 18.1 Å². The molecule has 0 aliphatic heterocycles. The summed E-state index contributed by atoms with van der Waals surface area (Å²) in [5, 5.41) is 9.60. The molecule has 2 fully saturated rings. The fraction of sp³-hybridized carbons (Fsp3) is 0.900. The molecule has 2 atom stereocenters. The number of hydrogen-bond donors (Lipinski definition) is 2. The highest BCUT2D eigenvalue weighted by Crippen LogP contribution is 2.37. The molecule has 0 saturated heterocycles. The highest BCUT2D eigenvalue weighted by Gasteiger charge is 2.44. The molecule has 80 valence electrons. The average Bonchev–Trinajstić information content (AvgIpc) is 2.96. The summed E-state index contributed by atoms with van der Waals surface area (Å²) >= 11 is 0. The predicted molar refractivity (Wildman–Crippen MR) is 52.5 cm³/mol. The molecule has 0 heterocycles. The van der Waals surface area contributed by atoms with E-state index >= 15 is 0 Å². The summed E-state index contributed by atoms with van der Waals surface area (Å²) < 4.78 is 0. The molecular weight excluding hydrogens is 180 g/mol. The molecule has 0 bridgehead atoms. The fourth-order valence-electron chi connectivity index (χ4n) is 1.74. The third-order valence-corrected chi connectivity index (χ3v) is 2.89. The van der Waals surface area contributed by atoms with Crippen LogP contribution in [0.3, 0.4) is 0 Å². The van der Waals surface area contributed by atoms with E-state index in [1.54, 1.807) is 6.92 Å². The molecule has 2 aliphatic carbocycles. The van der Waals surface area contributed by atoms with Crippen LogP contribution in [0, 0.1) is 0 Å². The first-order valence-electron chi connectivity index (χ1n) is 5.37. The van der Waals surface area contributed by atoms with Crippen LogP contribution in [0.2, 0.25) is 0 Å². The Morgan fingerprint density at radius 1 is 1.36 bits per heavy atom. The number of carbonyl (C=O) groups excluding carboxylic acids is 1. The van der Waals surface area contributed by atoms with E-state index in [1.807, 2.05) is 4.90 Å². The Morgan fingerprint density at radius 3 is 2.07 bits per heavy atom. The molecule has 0 unspecified atom stereocenters. The Morgan fingerprint density at radius 2 is 1.79 bits per heavy atom. The Labute approximate surface area is 84.1 Å². The third kappa shape index (κ3) is 1.91. The molecule has 0 aromatic carbocycles. The Balaban J connectivity index is 1.99. The van der Waals surface area contributed by atoms with Crippen molar-refractivity contribution in [1.29, 1.82) is 0 Å². The van der Waals surface area contributed by atoms with Crippen LogP contribution in [-0.2, 0) is 4.79 Å². The van der Waals surface area contributed by atoms with Crippen molar-refractivity contribution in [3.05, 3.63) is 0 Å². The zero-order valence-corrected chi connectivity index (χ0v) is 8.52. The van der Waals surface area contributed by atoms with Gasteiger partial charge in [0.05, 0.1) is 0 Å². The Bertz CT molecular complexity index is 222. The predicted octanol–water partition coefficient (Wildman–Crippen LogP) is -0.152. The SMILES string of the molecule is C[C@H](N)[C@H](O)C(=O)N(C1CC1)C1CC1. The lowest BCUT2D eigenvalue weighted by molar-refractivity contribution is -0.142. The van der Waals surface area contributed by atoms with Crippen molar-refractivity contribution < 1.29 is 9.90 Å². The van der Waals surface area contributed by atoms with Crippen molar-refractivity contribution in [3.63, 3.8) is 0 Å². The van der Waals surface area contributed by atoms with Crippen molar-refractivity contribution >= 4 is 5.91 Å². The highest BCUT2D eigenvalue weighted by atomic mass is 16.3. The van der Waals surface area contributed by atoms with Gasteiger partial charge in [-0.2, -0.15) is 0 Å². The molecule has 1 amide bonds. The van der Waals surface area contributed by atoms with Gasteiger partial charge >= 0.3 is 0 Å². The lowest BCUT2D eigenvalue weighted by atomic mass is 10.1. The van der Waals surface area contributed by atoms with Gasteiger partial charge in [-0.3, -0.25) is 4.79 Å². The maximum atomic E-state index is 11.8. The van der Waals surface area contributed by atoms with Crippen LogP contribution >= 0.6 is 0 Å². The van der Waals surface area contributed by atoms with E-state index in [4.69, 9.17) is 5.73 Å². The molecule has 0 radical (unpaired) electrons. The van der Waals surface area contributed by atoms with Crippen LogP contribution in [0.1, 0.15) is 32.6 Å². The van der Waals surface area contributed by atoms with Crippen molar-refractivity contribution in [2.45, 2.75) is 56.8 Å². The van der Waals surface area contributed by atoms with Gasteiger partial charge in [0.25, 0.3) is 5.91 Å². The number of amides is 1. The molecule has 2 aliphatic rings. The summed E-state index contributed by atoms with van der Waals surface area (Å²) in [6.07, 6.45) is 3.35. The lowest BCUT2D eigenvalue weighted by Crippen LogP contribution is -2.48. The minimum Gasteiger partial charge on any atom is -0.382 e. The van der Waals surface area contributed by atoms with Gasteiger partial charge in [-0.1, -0.05) is 0 Å². The van der Waals surface area contributed by atoms with Crippen molar-refractivity contribution in [3.8, 4) is 0 Å². The summed E-state index contributed by atoms with van der Waals surface area (Å²) in [4.78, 5) is 13.7. The van der Waals surface area contributed by atoms with E-state index in [2.05, 4.69) is 0 Å². The van der Waals surface area contributed by atoms with Gasteiger partial charge in [0.1, 0.15) is 6.10 Å². The minimum absolute atomic E-state index is 0.162. The van der Waals surface area contributed by atoms with Gasteiger partial charge in [-0.25, -0.2) is 0 Å². The van der Waals surface area contributed by atoms with E-state index in [0.717, 1.165) is 25.7 Å². The molecule has 2 rings (SSSR count). The number of aliphatic hydroxyl groups is 1. The number of carbonyl (C=O) groups is 1. The Hall–Kier alpha value is -0.610. The summed E-state index contributed by atoms with van der Waals surface area (Å²) in [5.41, 5.74) is 5.52. The van der Waals surface area contributed by atoms with Gasteiger partial charge in [-0.15, -0.1) is 0 Å². The van der Waals surface area contributed by atoms with Crippen LogP contribution < -0.4 is 5.73 Å². The molecule has 0 spiro atoms. The van der Waals surface area contributed by atoms with E-state index < -0.39 is 12.1 Å². The minimum atomic E-state index is -1.02. The standard InChI is InChI=1S/C10H18N2O2/c1-6(11)9(13)10(14)12(7-2-3-7)8-4-5-8/h6-9,13H,2-5,11H2,1H3/t6-,9-/m0/s1. The van der Waals surface area contributed by atoms with E-state index in [0.29, 0.717) is 12.1 Å². The zero-order valence-electron chi connectivity index (χ0n) is 8.52. The van der Waals surface area contributed by atoms with Gasteiger partial charge in [-0.05, 0) is 32.6 Å². The van der Waals surface area contributed by atoms with Crippen LogP contribution in [0.5, 0.6) is 0 Å². The summed E-state index contributed by atoms with van der Waals surface area (Å²) in [5.74, 6) is -0.162.